The normalized spacial score (nSPS) is 12.6. The molecule has 6 heteroatoms. The molecule has 2 aromatic carbocycles. The molecule has 0 saturated carbocycles. The lowest BCUT2D eigenvalue weighted by molar-refractivity contribution is 0.287. The number of hydrogen-bond donors (Lipinski definition) is 1. The molecule has 0 aliphatic carbocycles. The van der Waals surface area contributed by atoms with E-state index in [-0.39, 0.29) is 18.4 Å². The maximum atomic E-state index is 12.3. The Labute approximate surface area is 143 Å². The smallest absolute Gasteiger partial charge is 0.216 e. The molecule has 2 rings (SSSR count). The van der Waals surface area contributed by atoms with Crippen molar-refractivity contribution >= 4 is 10.0 Å². The zero-order valence-electron chi connectivity index (χ0n) is 14.2. The van der Waals surface area contributed by atoms with E-state index in [1.54, 1.807) is 38.3 Å². The quantitative estimate of drug-likeness (QED) is 0.796. The highest BCUT2D eigenvalue weighted by molar-refractivity contribution is 7.88. The first-order chi connectivity index (χ1) is 11.4. The molecular formula is C18H23NO4S. The van der Waals surface area contributed by atoms with Crippen LogP contribution in [0.2, 0.25) is 0 Å². The van der Waals surface area contributed by atoms with Gasteiger partial charge in [-0.25, -0.2) is 13.1 Å². The Morgan fingerprint density at radius 2 is 1.67 bits per heavy atom. The second kappa shape index (κ2) is 8.17. The van der Waals surface area contributed by atoms with E-state index in [1.165, 1.54) is 0 Å². The predicted octanol–water partition coefficient (Wildman–Crippen LogP) is 2.89. The van der Waals surface area contributed by atoms with E-state index in [1.807, 2.05) is 31.2 Å². The first-order valence-electron chi connectivity index (χ1n) is 7.71. The first-order valence-corrected chi connectivity index (χ1v) is 9.36. The van der Waals surface area contributed by atoms with Crippen LogP contribution in [0.15, 0.2) is 48.5 Å². The van der Waals surface area contributed by atoms with Gasteiger partial charge in [-0.2, -0.15) is 0 Å². The minimum absolute atomic E-state index is 0.0352. The van der Waals surface area contributed by atoms with E-state index in [0.717, 1.165) is 16.9 Å². The zero-order chi connectivity index (χ0) is 17.6. The minimum Gasteiger partial charge on any atom is -0.497 e. The summed E-state index contributed by atoms with van der Waals surface area (Å²) in [6, 6.07) is 14.3. The van der Waals surface area contributed by atoms with Gasteiger partial charge in [-0.1, -0.05) is 24.3 Å². The maximum absolute atomic E-state index is 12.3. The minimum atomic E-state index is -3.42. The summed E-state index contributed by atoms with van der Waals surface area (Å²) in [5.41, 5.74) is 1.76. The Hall–Kier alpha value is -2.05. The van der Waals surface area contributed by atoms with Crippen LogP contribution in [0, 0.1) is 6.92 Å². The van der Waals surface area contributed by atoms with E-state index in [0.29, 0.717) is 5.75 Å². The fourth-order valence-electron chi connectivity index (χ4n) is 2.25. The summed E-state index contributed by atoms with van der Waals surface area (Å²) in [4.78, 5) is 0. The van der Waals surface area contributed by atoms with E-state index >= 15 is 0 Å². The third-order valence-electron chi connectivity index (χ3n) is 3.55. The molecule has 130 valence electrons. The van der Waals surface area contributed by atoms with Crippen LogP contribution in [0.25, 0.3) is 0 Å². The van der Waals surface area contributed by atoms with E-state index in [2.05, 4.69) is 4.72 Å². The summed E-state index contributed by atoms with van der Waals surface area (Å²) in [7, 11) is -1.82. The summed E-state index contributed by atoms with van der Waals surface area (Å²) in [6.07, 6.45) is 0. The van der Waals surface area contributed by atoms with Crippen LogP contribution >= 0.6 is 0 Å². The van der Waals surface area contributed by atoms with E-state index < -0.39 is 10.0 Å². The molecule has 0 spiro atoms. The van der Waals surface area contributed by atoms with Gasteiger partial charge in [0, 0.05) is 0 Å². The molecule has 0 heterocycles. The molecule has 2 aromatic rings. The standard InChI is InChI=1S/C18H23NO4S/c1-14-6-4-5-7-16(14)13-24(20,21)19-15(2)12-23-18-10-8-17(22-3)9-11-18/h4-11,15,19H,12-13H2,1-3H3. The van der Waals surface area contributed by atoms with Crippen molar-refractivity contribution in [2.24, 2.45) is 0 Å². The molecule has 24 heavy (non-hydrogen) atoms. The number of aryl methyl sites for hydroxylation is 1. The molecule has 0 fully saturated rings. The van der Waals surface area contributed by atoms with Crippen molar-refractivity contribution in [1.29, 1.82) is 0 Å². The van der Waals surface area contributed by atoms with Gasteiger partial charge in [-0.15, -0.1) is 0 Å². The average molecular weight is 349 g/mol. The van der Waals surface area contributed by atoms with Crippen LogP contribution in [-0.2, 0) is 15.8 Å². The lowest BCUT2D eigenvalue weighted by atomic mass is 10.1. The lowest BCUT2D eigenvalue weighted by Crippen LogP contribution is -2.37. The van der Waals surface area contributed by atoms with Gasteiger partial charge in [-0.05, 0) is 49.2 Å². The highest BCUT2D eigenvalue weighted by atomic mass is 32.2. The number of hydrogen-bond acceptors (Lipinski definition) is 4. The highest BCUT2D eigenvalue weighted by Crippen LogP contribution is 2.17. The summed E-state index contributed by atoms with van der Waals surface area (Å²) in [6.45, 7) is 3.93. The summed E-state index contributed by atoms with van der Waals surface area (Å²) in [5, 5.41) is 0. The van der Waals surface area contributed by atoms with Crippen LogP contribution in [0.4, 0.5) is 0 Å². The van der Waals surface area contributed by atoms with Crippen LogP contribution in [0.5, 0.6) is 11.5 Å². The van der Waals surface area contributed by atoms with Crippen molar-refractivity contribution in [1.82, 2.24) is 4.72 Å². The van der Waals surface area contributed by atoms with Crippen LogP contribution in [-0.4, -0.2) is 28.2 Å². The van der Waals surface area contributed by atoms with Crippen LogP contribution < -0.4 is 14.2 Å². The molecule has 0 amide bonds. The summed E-state index contributed by atoms with van der Waals surface area (Å²) in [5.74, 6) is 1.38. The fourth-order valence-corrected chi connectivity index (χ4v) is 3.75. The van der Waals surface area contributed by atoms with E-state index in [4.69, 9.17) is 9.47 Å². The van der Waals surface area contributed by atoms with Gasteiger partial charge in [0.05, 0.1) is 18.9 Å². The molecule has 5 nitrogen and oxygen atoms in total. The predicted molar refractivity (Wildman–Crippen MR) is 94.9 cm³/mol. The second-order valence-corrected chi connectivity index (χ2v) is 7.44. The molecule has 1 N–H and O–H groups in total. The van der Waals surface area contributed by atoms with Gasteiger partial charge < -0.3 is 9.47 Å². The first kappa shape index (κ1) is 18.3. The largest absolute Gasteiger partial charge is 0.497 e. The average Bonchev–Trinajstić information content (AvgIpc) is 2.55. The number of methoxy groups -OCH3 is 1. The molecule has 0 bridgehead atoms. The number of sulfonamides is 1. The van der Waals surface area contributed by atoms with E-state index in [9.17, 15) is 8.42 Å². The monoisotopic (exact) mass is 349 g/mol. The van der Waals surface area contributed by atoms with Gasteiger partial charge in [0.15, 0.2) is 0 Å². The molecule has 0 aliphatic rings. The number of rotatable bonds is 8. The fraction of sp³-hybridized carbons (Fsp3) is 0.333. The summed E-state index contributed by atoms with van der Waals surface area (Å²) >= 11 is 0. The van der Waals surface area contributed by atoms with Gasteiger partial charge in [0.1, 0.15) is 18.1 Å². The molecule has 0 saturated heterocycles. The third kappa shape index (κ3) is 5.54. The maximum Gasteiger partial charge on any atom is 0.216 e. The van der Waals surface area contributed by atoms with Crippen molar-refractivity contribution in [2.45, 2.75) is 25.6 Å². The summed E-state index contributed by atoms with van der Waals surface area (Å²) < 4.78 is 37.9. The topological polar surface area (TPSA) is 64.6 Å². The van der Waals surface area contributed by atoms with Crippen molar-refractivity contribution in [3.63, 3.8) is 0 Å². The Balaban J connectivity index is 1.88. The van der Waals surface area contributed by atoms with Crippen molar-refractivity contribution < 1.29 is 17.9 Å². The molecule has 0 aliphatic heterocycles. The second-order valence-electron chi connectivity index (χ2n) is 5.69. The Morgan fingerprint density at radius 1 is 1.04 bits per heavy atom. The molecular weight excluding hydrogens is 326 g/mol. The third-order valence-corrected chi connectivity index (χ3v) is 5.00. The molecule has 0 aromatic heterocycles. The highest BCUT2D eigenvalue weighted by Gasteiger charge is 2.16. The lowest BCUT2D eigenvalue weighted by Gasteiger charge is -2.16. The number of nitrogens with one attached hydrogen (secondary N) is 1. The van der Waals surface area contributed by atoms with Gasteiger partial charge >= 0.3 is 0 Å². The zero-order valence-corrected chi connectivity index (χ0v) is 15.0. The molecule has 0 radical (unpaired) electrons. The number of benzene rings is 2. The molecule has 1 unspecified atom stereocenters. The Bertz CT molecular complexity index is 757. The SMILES string of the molecule is COc1ccc(OCC(C)NS(=O)(=O)Cc2ccccc2C)cc1. The van der Waals surface area contributed by atoms with Crippen molar-refractivity contribution in [2.75, 3.05) is 13.7 Å². The van der Waals surface area contributed by atoms with Crippen molar-refractivity contribution in [3.8, 4) is 11.5 Å². The van der Waals surface area contributed by atoms with Gasteiger partial charge in [0.25, 0.3) is 0 Å². The number of ether oxygens (including phenoxy) is 2. The molecule has 1 atom stereocenters. The van der Waals surface area contributed by atoms with Crippen LogP contribution in [0.3, 0.4) is 0 Å². The Kier molecular flexibility index (Phi) is 6.23. The van der Waals surface area contributed by atoms with Gasteiger partial charge in [-0.3, -0.25) is 0 Å². The van der Waals surface area contributed by atoms with Crippen molar-refractivity contribution in [3.05, 3.63) is 59.7 Å². The Morgan fingerprint density at radius 3 is 2.29 bits per heavy atom. The van der Waals surface area contributed by atoms with Crippen LogP contribution in [0.1, 0.15) is 18.1 Å². The van der Waals surface area contributed by atoms with Gasteiger partial charge in [0.2, 0.25) is 10.0 Å².